The molecule has 6 nitrogen and oxygen atoms in total. The van der Waals surface area contributed by atoms with Crippen LogP contribution in [0.2, 0.25) is 0 Å². The predicted octanol–water partition coefficient (Wildman–Crippen LogP) is 9.94. The summed E-state index contributed by atoms with van der Waals surface area (Å²) >= 11 is 0. The van der Waals surface area contributed by atoms with Gasteiger partial charge in [-0.05, 0) is 85.0 Å². The van der Waals surface area contributed by atoms with Crippen LogP contribution in [0.25, 0.3) is 11.1 Å². The Labute approximate surface area is 299 Å². The molecule has 7 heteroatoms. The van der Waals surface area contributed by atoms with Gasteiger partial charge < -0.3 is 23.8 Å². The zero-order chi connectivity index (χ0) is 34.7. The van der Waals surface area contributed by atoms with E-state index in [1.54, 1.807) is 0 Å². The summed E-state index contributed by atoms with van der Waals surface area (Å²) in [5, 5.41) is -0.309. The van der Waals surface area contributed by atoms with E-state index in [1.807, 2.05) is 72.8 Å². The lowest BCUT2D eigenvalue weighted by molar-refractivity contribution is 0.289. The number of hydrogen-bond acceptors (Lipinski definition) is 6. The smallest absolute Gasteiger partial charge is 0.292 e. The second kappa shape index (κ2) is 12.1. The van der Waals surface area contributed by atoms with Gasteiger partial charge in [0.15, 0.2) is 13.5 Å². The van der Waals surface area contributed by atoms with Gasteiger partial charge in [0.2, 0.25) is 0 Å². The van der Waals surface area contributed by atoms with Crippen LogP contribution >= 0.6 is 7.37 Å². The summed E-state index contributed by atoms with van der Waals surface area (Å²) < 4.78 is 35.4. The van der Waals surface area contributed by atoms with Crippen LogP contribution in [0.15, 0.2) is 133 Å². The Morgan fingerprint density at radius 3 is 1.78 bits per heavy atom. The summed E-state index contributed by atoms with van der Waals surface area (Å²) in [4.78, 5) is 4.50. The summed E-state index contributed by atoms with van der Waals surface area (Å²) in [6, 6.07) is 45.3. The largest absolute Gasteiger partial charge is 0.473 e. The third kappa shape index (κ3) is 5.04. The van der Waals surface area contributed by atoms with Crippen LogP contribution in [0.1, 0.15) is 40.3 Å². The Morgan fingerprint density at radius 2 is 1.12 bits per heavy atom. The average molecular weight is 691 g/mol. The Morgan fingerprint density at radius 1 is 0.588 bits per heavy atom. The Kier molecular flexibility index (Phi) is 7.48. The van der Waals surface area contributed by atoms with E-state index < -0.39 is 12.5 Å². The van der Waals surface area contributed by atoms with Crippen molar-refractivity contribution in [2.24, 2.45) is 0 Å². The van der Waals surface area contributed by atoms with E-state index in [0.29, 0.717) is 19.2 Å². The topological polar surface area (TPSA) is 51.2 Å². The van der Waals surface area contributed by atoms with Crippen LogP contribution < -0.4 is 29.1 Å². The fraction of sp³-hybridized carbons (Fsp3) is 0.182. The molecule has 254 valence electrons. The number of fused-ring (bicyclic) bond motifs is 5. The molecule has 0 aliphatic carbocycles. The first-order valence-corrected chi connectivity index (χ1v) is 19.1. The van der Waals surface area contributed by atoms with Crippen LogP contribution in [-0.2, 0) is 22.8 Å². The molecule has 6 aromatic rings. The van der Waals surface area contributed by atoms with Gasteiger partial charge >= 0.3 is 0 Å². The van der Waals surface area contributed by atoms with E-state index in [9.17, 15) is 0 Å². The number of hydrogen-bond donors (Lipinski definition) is 0. The number of nitrogens with zero attached hydrogens (tertiary/aromatic N) is 2. The highest BCUT2D eigenvalue weighted by Gasteiger charge is 2.54. The van der Waals surface area contributed by atoms with E-state index >= 15 is 4.57 Å². The van der Waals surface area contributed by atoms with Crippen molar-refractivity contribution in [1.82, 2.24) is 0 Å². The lowest BCUT2D eigenvalue weighted by Gasteiger charge is -2.42. The second-order valence-corrected chi connectivity index (χ2v) is 16.6. The van der Waals surface area contributed by atoms with Gasteiger partial charge in [-0.3, -0.25) is 4.57 Å². The fourth-order valence-corrected chi connectivity index (χ4v) is 11.1. The summed E-state index contributed by atoms with van der Waals surface area (Å²) in [6.07, 6.45) is 0. The molecule has 0 saturated carbocycles. The third-order valence-corrected chi connectivity index (χ3v) is 14.0. The molecular weight excluding hydrogens is 651 g/mol. The second-order valence-electron chi connectivity index (χ2n) is 13.9. The maximum absolute atomic E-state index is 16.2. The first-order chi connectivity index (χ1) is 24.8. The summed E-state index contributed by atoms with van der Waals surface area (Å²) in [6.45, 7) is 8.82. The van der Waals surface area contributed by atoms with E-state index in [1.165, 1.54) is 0 Å². The molecule has 0 spiro atoms. The van der Waals surface area contributed by atoms with Crippen LogP contribution in [0.5, 0.6) is 17.2 Å². The Bertz CT molecular complexity index is 2330. The molecular formula is C44H39N2O4P. The van der Waals surface area contributed by atoms with Crippen molar-refractivity contribution in [3.63, 3.8) is 0 Å². The molecule has 51 heavy (non-hydrogen) atoms. The quantitative estimate of drug-likeness (QED) is 0.168. The van der Waals surface area contributed by atoms with Crippen molar-refractivity contribution < 1.29 is 18.6 Å². The first-order valence-electron chi connectivity index (χ1n) is 17.5. The lowest BCUT2D eigenvalue weighted by Crippen LogP contribution is -2.36. The van der Waals surface area contributed by atoms with Crippen molar-refractivity contribution in [3.8, 4) is 28.4 Å². The lowest BCUT2D eigenvalue weighted by atomic mass is 9.88. The van der Waals surface area contributed by atoms with Crippen molar-refractivity contribution in [2.75, 3.05) is 23.3 Å². The zero-order valence-electron chi connectivity index (χ0n) is 29.0. The molecule has 2 unspecified atom stereocenters. The number of aryl methyl sites for hydroxylation is 2. The third-order valence-electron chi connectivity index (χ3n) is 10.8. The van der Waals surface area contributed by atoms with Gasteiger partial charge in [0.05, 0.1) is 5.30 Å². The van der Waals surface area contributed by atoms with Gasteiger partial charge in [0, 0.05) is 41.2 Å². The normalized spacial score (nSPS) is 18.5. The highest BCUT2D eigenvalue weighted by Crippen LogP contribution is 2.69. The van der Waals surface area contributed by atoms with Gasteiger partial charge in [-0.2, -0.15) is 0 Å². The molecule has 6 aromatic carbocycles. The number of anilines is 2. The SMILES string of the molecule is Cc1cc(C(C)(c2ccc(N3COc4ccccc4C3)cc2)P2(=O)Oc3ccccc3-c3ccccc32)cc(C)c1N1COc2ccccc2C1. The van der Waals surface area contributed by atoms with Crippen LogP contribution in [0, 0.1) is 13.8 Å². The summed E-state index contributed by atoms with van der Waals surface area (Å²) in [5.41, 5.74) is 10.4. The molecule has 0 N–H and O–H groups in total. The highest BCUT2D eigenvalue weighted by molar-refractivity contribution is 7.69. The number of rotatable bonds is 5. The molecule has 0 aromatic heterocycles. The van der Waals surface area contributed by atoms with E-state index in [2.05, 4.69) is 91.2 Å². The minimum atomic E-state index is -3.70. The molecule has 0 amide bonds. The van der Waals surface area contributed by atoms with Gasteiger partial charge in [-0.25, -0.2) is 0 Å². The van der Waals surface area contributed by atoms with Crippen LogP contribution in [-0.4, -0.2) is 13.5 Å². The molecule has 0 bridgehead atoms. The van der Waals surface area contributed by atoms with Gasteiger partial charge in [0.1, 0.15) is 22.4 Å². The van der Waals surface area contributed by atoms with Crippen molar-refractivity contribution in [2.45, 2.75) is 39.0 Å². The summed E-state index contributed by atoms with van der Waals surface area (Å²) in [5.74, 6) is 2.50. The minimum Gasteiger partial charge on any atom is -0.473 e. The van der Waals surface area contributed by atoms with Crippen molar-refractivity contribution in [3.05, 3.63) is 167 Å². The van der Waals surface area contributed by atoms with Gasteiger partial charge in [-0.15, -0.1) is 0 Å². The zero-order valence-corrected chi connectivity index (χ0v) is 29.9. The molecule has 9 rings (SSSR count). The van der Waals surface area contributed by atoms with Crippen LogP contribution in [0.4, 0.5) is 11.4 Å². The Balaban J connectivity index is 1.18. The number of ether oxygens (including phenoxy) is 2. The Hall–Kier alpha value is -5.45. The number of benzene rings is 6. The highest BCUT2D eigenvalue weighted by atomic mass is 31.2. The van der Waals surface area contributed by atoms with Crippen LogP contribution in [0.3, 0.4) is 0 Å². The predicted molar refractivity (Wildman–Crippen MR) is 205 cm³/mol. The molecule has 3 aliphatic heterocycles. The molecule has 0 fully saturated rings. The molecule has 3 aliphatic rings. The van der Waals surface area contributed by atoms with E-state index in [-0.39, 0.29) is 0 Å². The van der Waals surface area contributed by atoms with Crippen molar-refractivity contribution >= 4 is 24.0 Å². The summed E-state index contributed by atoms with van der Waals surface area (Å²) in [7, 11) is -3.70. The molecule has 0 saturated heterocycles. The standard InChI is InChI=1S/C44H39N2O4P/c1-30-24-35(25-31(2)43(30)46-27-33-13-5-9-17-40(33)49-29-46)44(3,51(47)42-19-11-7-15-38(42)37-14-6-10-18-41(37)50-51)34-20-22-36(23-21-34)45-26-32-12-4-8-16-39(32)48-28-45/h4-25H,26-29H2,1-3H3. The average Bonchev–Trinajstić information content (AvgIpc) is 3.17. The number of para-hydroxylation sites is 3. The monoisotopic (exact) mass is 690 g/mol. The first kappa shape index (κ1) is 31.5. The molecule has 3 heterocycles. The molecule has 0 radical (unpaired) electrons. The fourth-order valence-electron chi connectivity index (χ4n) is 8.14. The molecule has 2 atom stereocenters. The maximum atomic E-state index is 16.2. The minimum absolute atomic E-state index is 0.462. The van der Waals surface area contributed by atoms with Gasteiger partial charge in [0.25, 0.3) is 7.37 Å². The maximum Gasteiger partial charge on any atom is 0.292 e. The van der Waals surface area contributed by atoms with E-state index in [0.717, 1.165) is 85.8 Å². The van der Waals surface area contributed by atoms with E-state index in [4.69, 9.17) is 14.0 Å². The van der Waals surface area contributed by atoms with Crippen molar-refractivity contribution in [1.29, 1.82) is 0 Å². The van der Waals surface area contributed by atoms with Gasteiger partial charge in [-0.1, -0.05) is 97.1 Å².